The molecule has 2 fully saturated rings. The molecule has 2 saturated carbocycles. The molecule has 162 valence electrons. The Hall–Kier alpha value is -0.866. The van der Waals surface area contributed by atoms with Crippen LogP contribution in [0.1, 0.15) is 38.5 Å². The summed E-state index contributed by atoms with van der Waals surface area (Å²) in [6, 6.07) is 13.1. The zero-order valence-corrected chi connectivity index (χ0v) is 21.7. The fourth-order valence-corrected chi connectivity index (χ4v) is 12.1. The Morgan fingerprint density at radius 1 is 0.600 bits per heavy atom. The molecule has 4 aliphatic rings. The monoisotopic (exact) mass is 434 g/mol. The Kier molecular flexibility index (Phi) is 5.55. The summed E-state index contributed by atoms with van der Waals surface area (Å²) in [5, 5.41) is 3.38. The fourth-order valence-electron chi connectivity index (χ4n) is 7.21. The highest BCUT2D eigenvalue weighted by molar-refractivity contribution is 6.91. The Morgan fingerprint density at radius 3 is 1.30 bits per heavy atom. The zero-order valence-electron chi connectivity index (χ0n) is 19.7. The van der Waals surface area contributed by atoms with Crippen molar-refractivity contribution in [2.75, 3.05) is 0 Å². The lowest BCUT2D eigenvalue weighted by Crippen LogP contribution is -2.45. The van der Waals surface area contributed by atoms with Crippen molar-refractivity contribution < 1.29 is 0 Å². The van der Waals surface area contributed by atoms with Gasteiger partial charge in [-0.25, -0.2) is 0 Å². The third-order valence-electron chi connectivity index (χ3n) is 9.56. The lowest BCUT2D eigenvalue weighted by Gasteiger charge is -2.29. The van der Waals surface area contributed by atoms with Gasteiger partial charge in [-0.2, -0.15) is 0 Å². The maximum absolute atomic E-state index is 2.61. The van der Waals surface area contributed by atoms with Crippen molar-refractivity contribution in [3.05, 3.63) is 48.6 Å². The highest BCUT2D eigenvalue weighted by Crippen LogP contribution is 2.47. The molecule has 0 nitrogen and oxygen atoms in total. The third kappa shape index (κ3) is 4.11. The van der Waals surface area contributed by atoms with E-state index in [-0.39, 0.29) is 0 Å². The molecule has 4 aliphatic carbocycles. The summed E-state index contributed by atoms with van der Waals surface area (Å²) in [7, 11) is -2.64. The van der Waals surface area contributed by atoms with Gasteiger partial charge in [0.05, 0.1) is 16.1 Å². The Bertz CT molecular complexity index is 747. The summed E-state index contributed by atoms with van der Waals surface area (Å²) < 4.78 is 0. The van der Waals surface area contributed by atoms with Crippen LogP contribution in [0.2, 0.25) is 38.3 Å². The minimum Gasteiger partial charge on any atom is -0.0851 e. The second-order valence-corrected chi connectivity index (χ2v) is 22.2. The topological polar surface area (TPSA) is 0 Å². The van der Waals surface area contributed by atoms with Crippen LogP contribution in [0.4, 0.5) is 0 Å². The predicted octanol–water partition coefficient (Wildman–Crippen LogP) is 6.72. The first-order valence-electron chi connectivity index (χ1n) is 12.8. The third-order valence-corrected chi connectivity index (χ3v) is 16.4. The molecule has 2 heteroatoms. The van der Waals surface area contributed by atoms with Crippen molar-refractivity contribution in [2.45, 2.75) is 76.8 Å². The van der Waals surface area contributed by atoms with Crippen LogP contribution in [0.25, 0.3) is 0 Å². The van der Waals surface area contributed by atoms with Crippen LogP contribution in [0.15, 0.2) is 48.6 Å². The number of hydrogen-bond acceptors (Lipinski definition) is 0. The molecule has 5 rings (SSSR count). The van der Waals surface area contributed by atoms with E-state index >= 15 is 0 Å². The van der Waals surface area contributed by atoms with Crippen molar-refractivity contribution in [1.82, 2.24) is 0 Å². The van der Waals surface area contributed by atoms with Gasteiger partial charge in [-0.3, -0.25) is 0 Å². The van der Waals surface area contributed by atoms with Gasteiger partial charge in [-0.05, 0) is 61.2 Å². The van der Waals surface area contributed by atoms with Crippen molar-refractivity contribution >= 4 is 26.5 Å². The van der Waals surface area contributed by atoms with Gasteiger partial charge in [0.2, 0.25) is 0 Å². The second kappa shape index (κ2) is 7.92. The summed E-state index contributed by atoms with van der Waals surface area (Å²) in [5.74, 6) is 5.65. The van der Waals surface area contributed by atoms with Gasteiger partial charge in [0.1, 0.15) is 0 Å². The number of hydrogen-bond donors (Lipinski definition) is 0. The van der Waals surface area contributed by atoms with Gasteiger partial charge >= 0.3 is 0 Å². The maximum atomic E-state index is 2.61. The van der Waals surface area contributed by atoms with Crippen LogP contribution in [-0.4, -0.2) is 16.1 Å². The van der Waals surface area contributed by atoms with E-state index in [0.717, 1.165) is 35.5 Å². The van der Waals surface area contributed by atoms with Crippen molar-refractivity contribution in [3.63, 3.8) is 0 Å². The molecule has 0 heterocycles. The highest BCUT2D eigenvalue weighted by Gasteiger charge is 2.38. The summed E-state index contributed by atoms with van der Waals surface area (Å²) in [5.41, 5.74) is 0. The average molecular weight is 435 g/mol. The molecular weight excluding hydrogens is 392 g/mol. The van der Waals surface area contributed by atoms with E-state index < -0.39 is 16.1 Å². The molecular formula is C28H42Si2. The molecule has 30 heavy (non-hydrogen) atoms. The maximum Gasteiger partial charge on any atom is 0.0806 e. The quantitative estimate of drug-likeness (QED) is 0.314. The van der Waals surface area contributed by atoms with Gasteiger partial charge in [0.25, 0.3) is 0 Å². The average Bonchev–Trinajstić information content (AvgIpc) is 3.52. The second-order valence-electron chi connectivity index (χ2n) is 12.5. The van der Waals surface area contributed by atoms with E-state index in [1.165, 1.54) is 50.6 Å². The van der Waals surface area contributed by atoms with E-state index in [1.807, 2.05) is 0 Å². The lowest BCUT2D eigenvalue weighted by atomic mass is 9.91. The number of allylic oxidation sites excluding steroid dienone is 4. The molecule has 6 atom stereocenters. The molecule has 0 amide bonds. The molecule has 0 radical (unpaired) electrons. The van der Waals surface area contributed by atoms with Gasteiger partial charge in [0.15, 0.2) is 0 Å². The standard InChI is InChI=1S/C28H42Si2/c1-29(2,15-13-25-19-21-5-7-23(25)17-21)27-9-11-28(12-10-27)30(3,4)16-14-26-20-22-6-8-24(26)18-22/h5-12,21-26H,13-20H2,1-4H3/t21-,22-,23-,24-,25-,26+/m0/s1. The van der Waals surface area contributed by atoms with Crippen molar-refractivity contribution in [3.8, 4) is 0 Å². The molecule has 4 bridgehead atoms. The molecule has 0 spiro atoms. The number of rotatable bonds is 8. The summed E-state index contributed by atoms with van der Waals surface area (Å²) in [4.78, 5) is 0. The SMILES string of the molecule is C[Si](C)(CC[C@@H]1C[C@H]2C=C[C@H]1C2)c1ccc([Si](C)(C)CC[C@H]2C[C@H]3C=C[C@H]2C3)cc1. The van der Waals surface area contributed by atoms with E-state index in [4.69, 9.17) is 0 Å². The first-order chi connectivity index (χ1) is 14.3. The van der Waals surface area contributed by atoms with Crippen LogP contribution >= 0.6 is 0 Å². The van der Waals surface area contributed by atoms with Gasteiger partial charge in [-0.1, -0.05) is 110 Å². The van der Waals surface area contributed by atoms with E-state index in [0.29, 0.717) is 0 Å². The first kappa shape index (κ1) is 21.0. The van der Waals surface area contributed by atoms with Gasteiger partial charge < -0.3 is 0 Å². The minimum absolute atomic E-state index is 0.916. The number of fused-ring (bicyclic) bond motifs is 4. The molecule has 0 aliphatic heterocycles. The number of benzene rings is 1. The Balaban J connectivity index is 1.17. The lowest BCUT2D eigenvalue weighted by molar-refractivity contribution is 0.432. The van der Waals surface area contributed by atoms with Crippen LogP contribution in [-0.2, 0) is 0 Å². The van der Waals surface area contributed by atoms with Crippen LogP contribution in [0.3, 0.4) is 0 Å². The normalized spacial score (nSPS) is 34.4. The summed E-state index contributed by atoms with van der Waals surface area (Å²) in [6.07, 6.45) is 18.8. The molecule has 1 aromatic carbocycles. The van der Waals surface area contributed by atoms with E-state index in [1.54, 1.807) is 10.4 Å². The van der Waals surface area contributed by atoms with Crippen LogP contribution < -0.4 is 10.4 Å². The van der Waals surface area contributed by atoms with Crippen molar-refractivity contribution in [2.24, 2.45) is 35.5 Å². The van der Waals surface area contributed by atoms with Gasteiger partial charge in [0, 0.05) is 0 Å². The zero-order chi connectivity index (χ0) is 20.9. The molecule has 0 saturated heterocycles. The minimum atomic E-state index is -1.32. The molecule has 0 aromatic heterocycles. The summed E-state index contributed by atoms with van der Waals surface area (Å²) in [6.45, 7) is 10.4. The van der Waals surface area contributed by atoms with E-state index in [9.17, 15) is 0 Å². The smallest absolute Gasteiger partial charge is 0.0806 e. The Morgan fingerprint density at radius 2 is 1.00 bits per heavy atom. The van der Waals surface area contributed by atoms with E-state index in [2.05, 4.69) is 74.8 Å². The molecule has 0 N–H and O–H groups in total. The first-order valence-corrected chi connectivity index (χ1v) is 19.2. The van der Waals surface area contributed by atoms with Crippen molar-refractivity contribution in [1.29, 1.82) is 0 Å². The summed E-state index contributed by atoms with van der Waals surface area (Å²) >= 11 is 0. The predicted molar refractivity (Wildman–Crippen MR) is 137 cm³/mol. The fraction of sp³-hybridized carbons (Fsp3) is 0.643. The molecule has 1 aromatic rings. The van der Waals surface area contributed by atoms with Crippen LogP contribution in [0, 0.1) is 35.5 Å². The molecule has 0 unspecified atom stereocenters. The van der Waals surface area contributed by atoms with Crippen LogP contribution in [0.5, 0.6) is 0 Å². The highest BCUT2D eigenvalue weighted by atomic mass is 28.3. The largest absolute Gasteiger partial charge is 0.0851 e. The van der Waals surface area contributed by atoms with Gasteiger partial charge in [-0.15, -0.1) is 0 Å². The Labute approximate surface area is 187 Å².